The minimum atomic E-state index is -0.288. The van der Waals surface area contributed by atoms with Crippen molar-refractivity contribution in [2.75, 3.05) is 13.1 Å². The van der Waals surface area contributed by atoms with E-state index < -0.39 is 0 Å². The Balaban J connectivity index is 1.76. The van der Waals surface area contributed by atoms with Crippen LogP contribution >= 0.6 is 0 Å². The Labute approximate surface area is 109 Å². The highest BCUT2D eigenvalue weighted by atomic mass is 16.3. The maximum absolute atomic E-state index is 10.7. The number of aliphatic hydroxyl groups excluding tert-OH is 1. The smallest absolute Gasteiger partial charge is 0.106 e. The van der Waals surface area contributed by atoms with E-state index in [1.165, 1.54) is 25.7 Å². The molecule has 1 saturated carbocycles. The molecule has 3 nitrogen and oxygen atoms in total. The van der Waals surface area contributed by atoms with Crippen molar-refractivity contribution in [1.82, 2.24) is 4.90 Å². The zero-order chi connectivity index (χ0) is 12.4. The van der Waals surface area contributed by atoms with Gasteiger partial charge in [-0.05, 0) is 50.9 Å². The van der Waals surface area contributed by atoms with E-state index in [0.29, 0.717) is 6.42 Å². The van der Waals surface area contributed by atoms with Crippen molar-refractivity contribution < 1.29 is 9.52 Å². The van der Waals surface area contributed by atoms with Gasteiger partial charge in [-0.3, -0.25) is 4.90 Å². The van der Waals surface area contributed by atoms with Crippen molar-refractivity contribution in [3.8, 4) is 0 Å². The molecular formula is C15H23NO2. The van der Waals surface area contributed by atoms with E-state index in [2.05, 4.69) is 4.90 Å². The van der Waals surface area contributed by atoms with Crippen LogP contribution in [0.3, 0.4) is 0 Å². The topological polar surface area (TPSA) is 36.6 Å². The van der Waals surface area contributed by atoms with Crippen molar-refractivity contribution >= 4 is 0 Å². The molecule has 1 aromatic rings. The molecule has 0 bridgehead atoms. The molecule has 1 N–H and O–H groups in total. The second kappa shape index (κ2) is 5.06. The van der Waals surface area contributed by atoms with Gasteiger partial charge >= 0.3 is 0 Å². The lowest BCUT2D eigenvalue weighted by molar-refractivity contribution is -0.0195. The van der Waals surface area contributed by atoms with Crippen LogP contribution in [0, 0.1) is 0 Å². The van der Waals surface area contributed by atoms with Crippen LogP contribution < -0.4 is 0 Å². The number of rotatable bonds is 4. The predicted octanol–water partition coefficient (Wildman–Crippen LogP) is 2.59. The van der Waals surface area contributed by atoms with Crippen molar-refractivity contribution in [1.29, 1.82) is 0 Å². The zero-order valence-corrected chi connectivity index (χ0v) is 11.0. The monoisotopic (exact) mass is 249 g/mol. The summed E-state index contributed by atoms with van der Waals surface area (Å²) in [7, 11) is 0. The summed E-state index contributed by atoms with van der Waals surface area (Å²) >= 11 is 0. The van der Waals surface area contributed by atoms with Crippen LogP contribution in [0.4, 0.5) is 0 Å². The molecule has 100 valence electrons. The molecule has 1 unspecified atom stereocenters. The molecular weight excluding hydrogens is 226 g/mol. The second-order valence-electron chi connectivity index (χ2n) is 5.80. The first kappa shape index (κ1) is 12.2. The number of hydrogen-bond donors (Lipinski definition) is 1. The Hall–Kier alpha value is -0.800. The molecule has 1 aliphatic carbocycles. The molecule has 2 fully saturated rings. The Bertz CT molecular complexity index is 362. The summed E-state index contributed by atoms with van der Waals surface area (Å²) < 4.78 is 5.39. The van der Waals surface area contributed by atoms with Gasteiger partial charge in [-0.15, -0.1) is 0 Å². The minimum Gasteiger partial charge on any atom is -0.469 e. The molecule has 0 aromatic carbocycles. The summed E-state index contributed by atoms with van der Waals surface area (Å²) in [4.78, 5) is 2.55. The van der Waals surface area contributed by atoms with E-state index in [9.17, 15) is 5.11 Å². The standard InChI is InChI=1S/C15H23NO2/c17-14(12-13-6-5-11-18-13)15(7-1-2-8-15)16-9-3-4-10-16/h5-6,11,14,17H,1-4,7-10,12H2. The third kappa shape index (κ3) is 2.10. The molecule has 1 aliphatic heterocycles. The zero-order valence-electron chi connectivity index (χ0n) is 11.0. The third-order valence-electron chi connectivity index (χ3n) is 4.80. The normalized spacial score (nSPS) is 25.6. The van der Waals surface area contributed by atoms with Crippen LogP contribution in [0.5, 0.6) is 0 Å². The maximum Gasteiger partial charge on any atom is 0.106 e. The maximum atomic E-state index is 10.7. The summed E-state index contributed by atoms with van der Waals surface area (Å²) in [6.07, 6.45) is 9.44. The van der Waals surface area contributed by atoms with E-state index in [1.807, 2.05) is 12.1 Å². The lowest BCUT2D eigenvalue weighted by Crippen LogP contribution is -2.54. The second-order valence-corrected chi connectivity index (χ2v) is 5.80. The highest BCUT2D eigenvalue weighted by Crippen LogP contribution is 2.40. The van der Waals surface area contributed by atoms with Gasteiger partial charge in [-0.2, -0.15) is 0 Å². The van der Waals surface area contributed by atoms with Crippen LogP contribution in [-0.2, 0) is 6.42 Å². The molecule has 3 heteroatoms. The summed E-state index contributed by atoms with van der Waals surface area (Å²) in [5, 5.41) is 10.7. The van der Waals surface area contributed by atoms with Gasteiger partial charge in [0.25, 0.3) is 0 Å². The Morgan fingerprint density at radius 3 is 2.56 bits per heavy atom. The first-order valence-corrected chi connectivity index (χ1v) is 7.27. The molecule has 1 saturated heterocycles. The highest BCUT2D eigenvalue weighted by molar-refractivity contribution is 5.07. The van der Waals surface area contributed by atoms with Gasteiger partial charge in [0.2, 0.25) is 0 Å². The number of aliphatic hydroxyl groups is 1. The summed E-state index contributed by atoms with van der Waals surface area (Å²) in [6, 6.07) is 3.87. The first-order valence-electron chi connectivity index (χ1n) is 7.27. The van der Waals surface area contributed by atoms with Crippen molar-refractivity contribution in [3.63, 3.8) is 0 Å². The average Bonchev–Trinajstić information content (AvgIpc) is 3.12. The fourth-order valence-corrected chi connectivity index (χ4v) is 3.82. The average molecular weight is 249 g/mol. The van der Waals surface area contributed by atoms with E-state index in [0.717, 1.165) is 31.7 Å². The molecule has 0 spiro atoms. The Kier molecular flexibility index (Phi) is 3.44. The first-order chi connectivity index (χ1) is 8.81. The van der Waals surface area contributed by atoms with Crippen LogP contribution in [0.25, 0.3) is 0 Å². The number of likely N-dealkylation sites (tertiary alicyclic amines) is 1. The van der Waals surface area contributed by atoms with Crippen molar-refractivity contribution in [2.24, 2.45) is 0 Å². The van der Waals surface area contributed by atoms with E-state index >= 15 is 0 Å². The summed E-state index contributed by atoms with van der Waals surface area (Å²) in [6.45, 7) is 2.32. The molecule has 1 aromatic heterocycles. The summed E-state index contributed by atoms with van der Waals surface area (Å²) in [5.41, 5.74) is 0.0310. The molecule has 2 aliphatic rings. The molecule has 2 heterocycles. The number of hydrogen-bond acceptors (Lipinski definition) is 3. The van der Waals surface area contributed by atoms with Gasteiger partial charge in [0, 0.05) is 12.0 Å². The van der Waals surface area contributed by atoms with Crippen molar-refractivity contribution in [3.05, 3.63) is 24.2 Å². The minimum absolute atomic E-state index is 0.0310. The van der Waals surface area contributed by atoms with Crippen LogP contribution in [0.15, 0.2) is 22.8 Å². The largest absolute Gasteiger partial charge is 0.469 e. The highest BCUT2D eigenvalue weighted by Gasteiger charge is 2.46. The molecule has 18 heavy (non-hydrogen) atoms. The Morgan fingerprint density at radius 1 is 1.22 bits per heavy atom. The van der Waals surface area contributed by atoms with Crippen LogP contribution in [0.2, 0.25) is 0 Å². The fourth-order valence-electron chi connectivity index (χ4n) is 3.82. The third-order valence-corrected chi connectivity index (χ3v) is 4.80. The lowest BCUT2D eigenvalue weighted by atomic mass is 9.86. The lowest BCUT2D eigenvalue weighted by Gasteiger charge is -2.42. The van der Waals surface area contributed by atoms with Gasteiger partial charge < -0.3 is 9.52 Å². The SMILES string of the molecule is OC(Cc1ccco1)C1(N2CCCC2)CCCC1. The summed E-state index contributed by atoms with van der Waals surface area (Å²) in [5.74, 6) is 0.910. The fraction of sp³-hybridized carbons (Fsp3) is 0.733. The number of furan rings is 1. The van der Waals surface area contributed by atoms with Crippen molar-refractivity contribution in [2.45, 2.75) is 56.6 Å². The van der Waals surface area contributed by atoms with Gasteiger partial charge in [0.1, 0.15) is 5.76 Å². The number of nitrogens with zero attached hydrogens (tertiary/aromatic N) is 1. The predicted molar refractivity (Wildman–Crippen MR) is 70.4 cm³/mol. The molecule has 0 amide bonds. The van der Waals surface area contributed by atoms with Crippen LogP contribution in [-0.4, -0.2) is 34.7 Å². The van der Waals surface area contributed by atoms with Gasteiger partial charge in [0.05, 0.1) is 12.4 Å². The van der Waals surface area contributed by atoms with Gasteiger partial charge in [-0.1, -0.05) is 12.8 Å². The molecule has 3 rings (SSSR count). The molecule has 1 atom stereocenters. The van der Waals surface area contributed by atoms with E-state index in [1.54, 1.807) is 6.26 Å². The van der Waals surface area contributed by atoms with E-state index in [-0.39, 0.29) is 11.6 Å². The van der Waals surface area contributed by atoms with Crippen LogP contribution in [0.1, 0.15) is 44.3 Å². The van der Waals surface area contributed by atoms with E-state index in [4.69, 9.17) is 4.42 Å². The van der Waals surface area contributed by atoms with Gasteiger partial charge in [0.15, 0.2) is 0 Å². The van der Waals surface area contributed by atoms with Gasteiger partial charge in [-0.25, -0.2) is 0 Å². The Morgan fingerprint density at radius 2 is 1.94 bits per heavy atom. The quantitative estimate of drug-likeness (QED) is 0.891. The molecule has 0 radical (unpaired) electrons.